The van der Waals surface area contributed by atoms with Gasteiger partial charge in [-0.2, -0.15) is 18.2 Å². The Labute approximate surface area is 254 Å². The lowest BCUT2D eigenvalue weighted by molar-refractivity contribution is -0.188. The second kappa shape index (κ2) is 13.2. The van der Waals surface area contributed by atoms with Gasteiger partial charge in [0.2, 0.25) is 11.8 Å². The first-order chi connectivity index (χ1) is 20.6. The highest BCUT2D eigenvalue weighted by atomic mass is 19.4. The number of rotatable bonds is 8. The molecule has 0 spiro atoms. The minimum Gasteiger partial charge on any atom is -0.366 e. The van der Waals surface area contributed by atoms with Gasteiger partial charge in [-0.05, 0) is 43.8 Å². The molecule has 1 aliphatic heterocycles. The molecule has 2 amide bonds. The van der Waals surface area contributed by atoms with E-state index < -0.39 is 30.6 Å². The number of benzene rings is 1. The number of carbonyl (C=O) groups excluding carboxylic acids is 2. The van der Waals surface area contributed by atoms with E-state index in [0.717, 1.165) is 21.6 Å². The third kappa shape index (κ3) is 7.81. The fraction of sp³-hybridized carbons (Fsp3) is 0.452. The summed E-state index contributed by atoms with van der Waals surface area (Å²) in [7, 11) is 3.62. The van der Waals surface area contributed by atoms with Crippen molar-refractivity contribution in [2.24, 2.45) is 0 Å². The number of aromatic nitrogens is 3. The average molecular weight is 614 g/mol. The van der Waals surface area contributed by atoms with Crippen LogP contribution in [0, 0.1) is 6.92 Å². The normalized spacial score (nSPS) is 16.2. The molecular formula is C31H38F3N7O3. The first kappa shape index (κ1) is 32.6. The highest BCUT2D eigenvalue weighted by Crippen LogP contribution is 2.35. The zero-order valence-electron chi connectivity index (χ0n) is 25.8. The van der Waals surface area contributed by atoms with Crippen LogP contribution in [0.4, 0.5) is 18.9 Å². The van der Waals surface area contributed by atoms with E-state index in [0.29, 0.717) is 23.7 Å². The van der Waals surface area contributed by atoms with Crippen LogP contribution in [0.15, 0.2) is 53.3 Å². The van der Waals surface area contributed by atoms with E-state index in [-0.39, 0.29) is 30.9 Å². The second-order valence-corrected chi connectivity index (χ2v) is 12.1. The quantitative estimate of drug-likeness (QED) is 0.374. The first-order valence-corrected chi connectivity index (χ1v) is 14.2. The molecule has 3 heterocycles. The number of aryl methyl sites for hydroxylation is 1. The van der Waals surface area contributed by atoms with Gasteiger partial charge in [-0.3, -0.25) is 14.6 Å². The van der Waals surface area contributed by atoms with Crippen molar-refractivity contribution in [1.82, 2.24) is 30.2 Å². The summed E-state index contributed by atoms with van der Waals surface area (Å²) in [6.07, 6.45) is 1.31. The highest BCUT2D eigenvalue weighted by molar-refractivity contribution is 5.90. The topological polar surface area (TPSA) is 108 Å². The monoisotopic (exact) mass is 613 g/mol. The van der Waals surface area contributed by atoms with Crippen LogP contribution in [0.2, 0.25) is 0 Å². The van der Waals surface area contributed by atoms with E-state index >= 15 is 0 Å². The van der Waals surface area contributed by atoms with E-state index in [1.54, 1.807) is 29.4 Å². The van der Waals surface area contributed by atoms with Crippen LogP contribution in [0.3, 0.4) is 0 Å². The van der Waals surface area contributed by atoms with E-state index in [4.69, 9.17) is 4.52 Å². The molecule has 13 heteroatoms. The molecule has 1 N–H and O–H groups in total. The molecule has 1 saturated heterocycles. The van der Waals surface area contributed by atoms with Crippen molar-refractivity contribution in [3.63, 3.8) is 0 Å². The standard InChI is InChI=1S/C31H38F3N7O3/c1-20-16-21(9-10-22(20)17-36-28(43)27-37-29(44-38-27)30(2,3)4)23-11-12-35-18-24(23)40-14-15-41(25(19-40)31(32,33)34)26(42)8-7-13-39(5)6/h7-12,16,18,25H,13-15,17,19H2,1-6H3,(H,36,43)/b8-7+. The van der Waals surface area contributed by atoms with Crippen molar-refractivity contribution in [2.75, 3.05) is 45.2 Å². The Balaban J connectivity index is 1.50. The maximum Gasteiger partial charge on any atom is 0.410 e. The summed E-state index contributed by atoms with van der Waals surface area (Å²) in [6, 6.07) is 5.44. The number of nitrogens with one attached hydrogen (secondary N) is 1. The van der Waals surface area contributed by atoms with E-state index in [1.807, 2.05) is 64.9 Å². The molecule has 1 unspecified atom stereocenters. The third-order valence-electron chi connectivity index (χ3n) is 7.28. The Morgan fingerprint density at radius 3 is 2.55 bits per heavy atom. The van der Waals surface area contributed by atoms with Crippen molar-refractivity contribution >= 4 is 17.5 Å². The van der Waals surface area contributed by atoms with Crippen LogP contribution in [-0.2, 0) is 16.8 Å². The van der Waals surface area contributed by atoms with Crippen LogP contribution in [0.5, 0.6) is 0 Å². The zero-order valence-corrected chi connectivity index (χ0v) is 25.8. The van der Waals surface area contributed by atoms with Crippen LogP contribution >= 0.6 is 0 Å². The molecule has 0 saturated carbocycles. The third-order valence-corrected chi connectivity index (χ3v) is 7.28. The molecule has 0 aliphatic carbocycles. The van der Waals surface area contributed by atoms with Gasteiger partial charge in [0.25, 0.3) is 11.7 Å². The molecule has 1 aromatic carbocycles. The molecule has 0 radical (unpaired) electrons. The predicted molar refractivity (Wildman–Crippen MR) is 160 cm³/mol. The fourth-order valence-corrected chi connectivity index (χ4v) is 4.82. The summed E-state index contributed by atoms with van der Waals surface area (Å²) in [4.78, 5) is 38.0. The van der Waals surface area contributed by atoms with Crippen LogP contribution in [0.1, 0.15) is 48.4 Å². The van der Waals surface area contributed by atoms with E-state index in [1.165, 1.54) is 6.08 Å². The number of alkyl halides is 3. The summed E-state index contributed by atoms with van der Waals surface area (Å²) in [6.45, 7) is 8.00. The number of pyridine rings is 1. The minimum absolute atomic E-state index is 0.0471. The van der Waals surface area contributed by atoms with E-state index in [9.17, 15) is 22.8 Å². The van der Waals surface area contributed by atoms with Crippen molar-refractivity contribution in [2.45, 2.75) is 51.9 Å². The minimum atomic E-state index is -4.61. The molecule has 3 aromatic rings. The van der Waals surface area contributed by atoms with Gasteiger partial charge in [-0.15, -0.1) is 0 Å². The number of piperazine rings is 1. The lowest BCUT2D eigenvalue weighted by atomic mass is 9.97. The number of anilines is 1. The predicted octanol–water partition coefficient (Wildman–Crippen LogP) is 4.36. The summed E-state index contributed by atoms with van der Waals surface area (Å²) in [5.41, 5.74) is 3.39. The molecule has 1 atom stereocenters. The maximum atomic E-state index is 14.2. The molecule has 44 heavy (non-hydrogen) atoms. The second-order valence-electron chi connectivity index (χ2n) is 12.1. The Bertz CT molecular complexity index is 1510. The Morgan fingerprint density at radius 1 is 1.16 bits per heavy atom. The maximum absolute atomic E-state index is 14.2. The van der Waals surface area contributed by atoms with Crippen molar-refractivity contribution in [3.8, 4) is 11.1 Å². The van der Waals surface area contributed by atoms with Crippen molar-refractivity contribution < 1.29 is 27.3 Å². The van der Waals surface area contributed by atoms with Crippen LogP contribution in [0.25, 0.3) is 11.1 Å². The number of likely N-dealkylation sites (N-methyl/N-ethyl adjacent to an activating group) is 1. The van der Waals surface area contributed by atoms with Crippen LogP contribution in [-0.4, -0.2) is 89.2 Å². The number of hydrogen-bond donors (Lipinski definition) is 1. The summed E-state index contributed by atoms with van der Waals surface area (Å²) >= 11 is 0. The van der Waals surface area contributed by atoms with Gasteiger partial charge in [0.1, 0.15) is 6.04 Å². The van der Waals surface area contributed by atoms with E-state index in [2.05, 4.69) is 20.4 Å². The molecular weight excluding hydrogens is 575 g/mol. The number of carbonyl (C=O) groups is 2. The number of nitrogens with zero attached hydrogens (tertiary/aromatic N) is 6. The van der Waals surface area contributed by atoms with Gasteiger partial charge < -0.3 is 24.5 Å². The zero-order chi connectivity index (χ0) is 32.2. The molecule has 0 bridgehead atoms. The summed E-state index contributed by atoms with van der Waals surface area (Å²) in [5, 5.41) is 6.58. The van der Waals surface area contributed by atoms with Crippen molar-refractivity contribution in [1.29, 1.82) is 0 Å². The van der Waals surface area contributed by atoms with Gasteiger partial charge >= 0.3 is 6.18 Å². The van der Waals surface area contributed by atoms with Gasteiger partial charge in [0.05, 0.1) is 11.9 Å². The van der Waals surface area contributed by atoms with Gasteiger partial charge in [-0.1, -0.05) is 50.2 Å². The molecule has 1 aliphatic rings. The lowest BCUT2D eigenvalue weighted by Crippen LogP contribution is -2.60. The first-order valence-electron chi connectivity index (χ1n) is 14.2. The Morgan fingerprint density at radius 2 is 1.91 bits per heavy atom. The fourth-order valence-electron chi connectivity index (χ4n) is 4.82. The van der Waals surface area contributed by atoms with Gasteiger partial charge in [0.15, 0.2) is 0 Å². The number of hydrogen-bond acceptors (Lipinski definition) is 8. The lowest BCUT2D eigenvalue weighted by Gasteiger charge is -2.43. The molecule has 2 aromatic heterocycles. The molecule has 1 fully saturated rings. The summed E-state index contributed by atoms with van der Waals surface area (Å²) < 4.78 is 47.8. The Hall–Kier alpha value is -4.26. The number of amides is 2. The van der Waals surface area contributed by atoms with Gasteiger partial charge in [-0.25, -0.2) is 0 Å². The molecule has 236 valence electrons. The SMILES string of the molecule is Cc1cc(-c2ccncc2N2CCN(C(=O)/C=C/CN(C)C)C(C(F)(F)F)C2)ccc1CNC(=O)c1noc(C(C)(C)C)n1. The molecule has 10 nitrogen and oxygen atoms in total. The molecule has 4 rings (SSSR count). The largest absolute Gasteiger partial charge is 0.410 e. The Kier molecular flexibility index (Phi) is 9.77. The van der Waals surface area contributed by atoms with Crippen molar-refractivity contribution in [3.05, 3.63) is 71.7 Å². The summed E-state index contributed by atoms with van der Waals surface area (Å²) in [5.74, 6) is -0.807. The average Bonchev–Trinajstić information content (AvgIpc) is 3.47. The van der Waals surface area contributed by atoms with Crippen LogP contribution < -0.4 is 10.2 Å². The number of halogens is 3. The van der Waals surface area contributed by atoms with Gasteiger partial charge in [0, 0.05) is 56.0 Å². The smallest absolute Gasteiger partial charge is 0.366 e. The highest BCUT2D eigenvalue weighted by Gasteiger charge is 2.48.